The van der Waals surface area contributed by atoms with Crippen molar-refractivity contribution < 1.29 is 13.2 Å². The number of aromatic nitrogens is 2. The van der Waals surface area contributed by atoms with E-state index in [1.807, 2.05) is 6.07 Å². The first-order chi connectivity index (χ1) is 20.4. The summed E-state index contributed by atoms with van der Waals surface area (Å²) in [6.45, 7) is 8.61. The van der Waals surface area contributed by atoms with Gasteiger partial charge in [0.1, 0.15) is 11.6 Å². The van der Waals surface area contributed by atoms with Gasteiger partial charge in [-0.3, -0.25) is 9.99 Å². The Labute approximate surface area is 253 Å². The van der Waals surface area contributed by atoms with Crippen molar-refractivity contribution in [2.45, 2.75) is 40.3 Å². The normalized spacial score (nSPS) is 13.8. The van der Waals surface area contributed by atoms with Gasteiger partial charge in [-0.15, -0.1) is 12.0 Å². The zero-order chi connectivity index (χ0) is 30.9. The Kier molecular flexibility index (Phi) is 8.40. The molecule has 1 atom stereocenters. The van der Waals surface area contributed by atoms with Crippen molar-refractivity contribution in [1.29, 1.82) is 0 Å². The highest BCUT2D eigenvalue weighted by atomic mass is 35.5. The smallest absolute Gasteiger partial charge is 0.213 e. The van der Waals surface area contributed by atoms with Crippen LogP contribution >= 0.6 is 11.6 Å². The average molecular weight is 606 g/mol. The zero-order valence-corrected chi connectivity index (χ0v) is 24.9. The monoisotopic (exact) mass is 605 g/mol. The second-order valence-corrected chi connectivity index (χ2v) is 11.9. The number of hydrogen-bond acceptors (Lipinski definition) is 7. The number of halogens is 4. The van der Waals surface area contributed by atoms with Crippen LogP contribution < -0.4 is 21.6 Å². The standard InChI is InChI=1S/C32H31ClF3N7/c1-6-19-14-37-30-22(29(19)38-17-32(3,4)5)12-20(13-24(30)33)40-31(21-10-11-28(36)39-18(21)2)27-16-43(42-41-27)15-23-25(34)8-7-9-26(23)35/h1,7-14,16,31,40-42H,15,17H2,2-5H3,(H,37,38)/t31-/m0/s1. The largest absolute Gasteiger partial charge is 0.383 e. The van der Waals surface area contributed by atoms with E-state index in [-0.39, 0.29) is 17.5 Å². The van der Waals surface area contributed by atoms with Crippen LogP contribution in [0.25, 0.3) is 10.9 Å². The van der Waals surface area contributed by atoms with Crippen LogP contribution in [0.2, 0.25) is 5.02 Å². The van der Waals surface area contributed by atoms with E-state index in [1.54, 1.807) is 31.5 Å². The molecule has 2 aromatic carbocycles. The van der Waals surface area contributed by atoms with Crippen LogP contribution in [0.3, 0.4) is 0 Å². The van der Waals surface area contributed by atoms with Crippen LogP contribution in [0.15, 0.2) is 60.6 Å². The molecular formula is C32H31ClF3N7. The average Bonchev–Trinajstić information content (AvgIpc) is 3.41. The minimum absolute atomic E-state index is 0.0234. The Morgan fingerprint density at radius 1 is 1.12 bits per heavy atom. The van der Waals surface area contributed by atoms with Gasteiger partial charge in [0, 0.05) is 46.8 Å². The summed E-state index contributed by atoms with van der Waals surface area (Å²) < 4.78 is 42.7. The molecule has 222 valence electrons. The fourth-order valence-corrected chi connectivity index (χ4v) is 5.05. The van der Waals surface area contributed by atoms with Gasteiger partial charge in [0.05, 0.1) is 40.1 Å². The molecule has 1 aliphatic heterocycles. The third-order valence-corrected chi connectivity index (χ3v) is 7.22. The van der Waals surface area contributed by atoms with Gasteiger partial charge in [-0.25, -0.2) is 13.8 Å². The minimum atomic E-state index is -0.654. The molecule has 0 aliphatic carbocycles. The lowest BCUT2D eigenvalue weighted by Crippen LogP contribution is -2.37. The first kappa shape index (κ1) is 30.0. The lowest BCUT2D eigenvalue weighted by molar-refractivity contribution is 0.255. The van der Waals surface area contributed by atoms with E-state index >= 15 is 0 Å². The maximum absolute atomic E-state index is 14.3. The molecule has 5 rings (SSSR count). The maximum Gasteiger partial charge on any atom is 0.213 e. The van der Waals surface area contributed by atoms with Gasteiger partial charge in [-0.1, -0.05) is 50.4 Å². The molecule has 0 bridgehead atoms. The van der Waals surface area contributed by atoms with Crippen LogP contribution in [-0.2, 0) is 6.54 Å². The van der Waals surface area contributed by atoms with Crippen molar-refractivity contribution in [3.63, 3.8) is 0 Å². The zero-order valence-electron chi connectivity index (χ0n) is 24.1. The molecule has 11 heteroatoms. The summed E-state index contributed by atoms with van der Waals surface area (Å²) >= 11 is 6.74. The quantitative estimate of drug-likeness (QED) is 0.128. The molecule has 0 radical (unpaired) electrons. The van der Waals surface area contributed by atoms with E-state index < -0.39 is 23.6 Å². The van der Waals surface area contributed by atoms with Crippen LogP contribution in [0.1, 0.15) is 49.2 Å². The van der Waals surface area contributed by atoms with E-state index in [0.29, 0.717) is 45.3 Å². The topological polar surface area (TPSA) is 77.1 Å². The van der Waals surface area contributed by atoms with E-state index in [4.69, 9.17) is 18.0 Å². The molecule has 1 aliphatic rings. The Hall–Kier alpha value is -4.46. The number of nitrogens with one attached hydrogen (secondary N) is 4. The summed E-state index contributed by atoms with van der Waals surface area (Å²) in [5, 5.41) is 9.59. The van der Waals surface area contributed by atoms with E-state index in [1.165, 1.54) is 29.3 Å². The molecule has 4 N–H and O–H groups in total. The summed E-state index contributed by atoms with van der Waals surface area (Å²) in [4.78, 5) is 8.51. The van der Waals surface area contributed by atoms with Crippen LogP contribution in [-0.4, -0.2) is 21.5 Å². The number of hydrazine groups is 2. The van der Waals surface area contributed by atoms with Crippen LogP contribution in [0.4, 0.5) is 24.5 Å². The molecule has 0 saturated carbocycles. The number of anilines is 2. The molecule has 0 unspecified atom stereocenters. The Balaban J connectivity index is 1.55. The minimum Gasteiger partial charge on any atom is -0.383 e. The van der Waals surface area contributed by atoms with Gasteiger partial charge in [0.15, 0.2) is 0 Å². The molecule has 0 saturated heterocycles. The van der Waals surface area contributed by atoms with Crippen molar-refractivity contribution in [2.75, 3.05) is 17.2 Å². The number of benzene rings is 2. The van der Waals surface area contributed by atoms with Gasteiger partial charge in [-0.2, -0.15) is 4.39 Å². The first-order valence-corrected chi connectivity index (χ1v) is 14.0. The summed E-state index contributed by atoms with van der Waals surface area (Å²) in [6, 6.07) is 9.68. The molecule has 2 aromatic heterocycles. The first-order valence-electron chi connectivity index (χ1n) is 13.6. The van der Waals surface area contributed by atoms with Gasteiger partial charge in [0.2, 0.25) is 5.95 Å². The van der Waals surface area contributed by atoms with Crippen molar-refractivity contribution in [1.82, 2.24) is 25.9 Å². The Morgan fingerprint density at radius 3 is 2.53 bits per heavy atom. The highest BCUT2D eigenvalue weighted by molar-refractivity contribution is 6.35. The molecule has 0 fully saturated rings. The van der Waals surface area contributed by atoms with Crippen molar-refractivity contribution in [3.8, 4) is 12.3 Å². The van der Waals surface area contributed by atoms with Gasteiger partial charge in [-0.05, 0) is 42.7 Å². The number of aryl methyl sites for hydroxylation is 1. The fourth-order valence-electron chi connectivity index (χ4n) is 4.79. The van der Waals surface area contributed by atoms with Gasteiger partial charge >= 0.3 is 0 Å². The lowest BCUT2D eigenvalue weighted by atomic mass is 9.96. The second kappa shape index (κ2) is 12.0. The summed E-state index contributed by atoms with van der Waals surface area (Å²) in [7, 11) is 0. The number of hydrogen-bond donors (Lipinski definition) is 4. The van der Waals surface area contributed by atoms with Crippen molar-refractivity contribution in [3.05, 3.63) is 106 Å². The lowest BCUT2D eigenvalue weighted by Gasteiger charge is -2.24. The van der Waals surface area contributed by atoms with Crippen molar-refractivity contribution >= 4 is 33.9 Å². The SMILES string of the molecule is C#Cc1cnc2c(Cl)cc(N[C@H](C3=CN(Cc4c(F)cccc4F)NN3)c3ccc(F)nc3C)cc2c1NCC(C)(C)C. The van der Waals surface area contributed by atoms with Gasteiger partial charge < -0.3 is 16.1 Å². The third kappa shape index (κ3) is 6.63. The third-order valence-electron chi connectivity index (χ3n) is 6.93. The number of terminal acetylenes is 1. The Morgan fingerprint density at radius 2 is 1.86 bits per heavy atom. The molecular weight excluding hydrogens is 575 g/mol. The van der Waals surface area contributed by atoms with Crippen LogP contribution in [0.5, 0.6) is 0 Å². The second-order valence-electron chi connectivity index (χ2n) is 11.5. The highest BCUT2D eigenvalue weighted by Gasteiger charge is 2.26. The van der Waals surface area contributed by atoms with Gasteiger partial charge in [0.25, 0.3) is 0 Å². The number of fused-ring (bicyclic) bond motifs is 1. The molecule has 0 spiro atoms. The van der Waals surface area contributed by atoms with E-state index in [9.17, 15) is 13.2 Å². The highest BCUT2D eigenvalue weighted by Crippen LogP contribution is 2.36. The summed E-state index contributed by atoms with van der Waals surface area (Å²) in [5.41, 5.74) is 10.1. The molecule has 3 heterocycles. The Bertz CT molecular complexity index is 1740. The molecule has 43 heavy (non-hydrogen) atoms. The number of nitrogens with zero attached hydrogens (tertiary/aromatic N) is 3. The fraction of sp³-hybridized carbons (Fsp3) is 0.250. The number of rotatable bonds is 8. The molecule has 4 aromatic rings. The summed E-state index contributed by atoms with van der Waals surface area (Å²) in [6.07, 6.45) is 9.13. The van der Waals surface area contributed by atoms with Crippen LogP contribution in [0, 0.1) is 42.3 Å². The number of pyridine rings is 2. The molecule has 7 nitrogen and oxygen atoms in total. The van der Waals surface area contributed by atoms with E-state index in [0.717, 1.165) is 11.1 Å². The molecule has 0 amide bonds. The predicted octanol–water partition coefficient (Wildman–Crippen LogP) is 6.97. The predicted molar refractivity (Wildman–Crippen MR) is 164 cm³/mol. The summed E-state index contributed by atoms with van der Waals surface area (Å²) in [5.74, 6) is 0.781. The van der Waals surface area contributed by atoms with E-state index in [2.05, 4.69) is 58.3 Å². The van der Waals surface area contributed by atoms with Crippen molar-refractivity contribution in [2.24, 2.45) is 5.41 Å². The maximum atomic E-state index is 14.3.